The SMILES string of the molecule is CN(CC(N)CO)c1ccc(F)c(Cl)c1. The molecule has 3 nitrogen and oxygen atoms in total. The van der Waals surface area contributed by atoms with Gasteiger partial charge >= 0.3 is 0 Å². The summed E-state index contributed by atoms with van der Waals surface area (Å²) in [5.74, 6) is -0.444. The summed E-state index contributed by atoms with van der Waals surface area (Å²) >= 11 is 5.65. The Hall–Kier alpha value is -0.840. The van der Waals surface area contributed by atoms with Crippen LogP contribution in [0.4, 0.5) is 10.1 Å². The van der Waals surface area contributed by atoms with Crippen LogP contribution in [0.5, 0.6) is 0 Å². The highest BCUT2D eigenvalue weighted by Gasteiger charge is 2.08. The Labute approximate surface area is 93.3 Å². The van der Waals surface area contributed by atoms with Crippen molar-refractivity contribution < 1.29 is 9.50 Å². The quantitative estimate of drug-likeness (QED) is 0.821. The molecule has 0 saturated carbocycles. The summed E-state index contributed by atoms with van der Waals surface area (Å²) in [6, 6.07) is 4.13. The van der Waals surface area contributed by atoms with Crippen molar-refractivity contribution in [3.8, 4) is 0 Å². The second kappa shape index (κ2) is 5.30. The van der Waals surface area contributed by atoms with Crippen molar-refractivity contribution >= 4 is 17.3 Å². The predicted octanol–water partition coefficient (Wildman–Crippen LogP) is 1.23. The van der Waals surface area contributed by atoms with Gasteiger partial charge in [-0.05, 0) is 18.2 Å². The molecule has 0 spiro atoms. The first-order chi connectivity index (χ1) is 7.04. The Morgan fingerprint density at radius 2 is 2.27 bits per heavy atom. The van der Waals surface area contributed by atoms with Crippen molar-refractivity contribution in [2.45, 2.75) is 6.04 Å². The minimum absolute atomic E-state index is 0.0805. The molecule has 0 aliphatic rings. The molecular weight excluding hydrogens is 219 g/mol. The lowest BCUT2D eigenvalue weighted by Gasteiger charge is -2.22. The molecule has 0 saturated heterocycles. The monoisotopic (exact) mass is 232 g/mol. The van der Waals surface area contributed by atoms with Gasteiger partial charge in [-0.3, -0.25) is 0 Å². The van der Waals surface area contributed by atoms with Gasteiger partial charge in [0.15, 0.2) is 0 Å². The van der Waals surface area contributed by atoms with E-state index < -0.39 is 5.82 Å². The average molecular weight is 233 g/mol. The summed E-state index contributed by atoms with van der Waals surface area (Å²) in [6.45, 7) is 0.401. The molecule has 3 N–H and O–H groups in total. The highest BCUT2D eigenvalue weighted by atomic mass is 35.5. The molecule has 5 heteroatoms. The van der Waals surface area contributed by atoms with Gasteiger partial charge in [0.2, 0.25) is 0 Å². The smallest absolute Gasteiger partial charge is 0.141 e. The van der Waals surface area contributed by atoms with Crippen LogP contribution >= 0.6 is 11.6 Å². The minimum Gasteiger partial charge on any atom is -0.395 e. The Bertz CT molecular complexity index is 335. The van der Waals surface area contributed by atoms with Crippen molar-refractivity contribution in [1.82, 2.24) is 0 Å². The number of nitrogens with zero attached hydrogens (tertiary/aromatic N) is 1. The molecule has 0 aromatic heterocycles. The molecule has 84 valence electrons. The fourth-order valence-corrected chi connectivity index (χ4v) is 1.41. The molecule has 1 atom stereocenters. The van der Waals surface area contributed by atoms with E-state index in [2.05, 4.69) is 0 Å². The highest BCUT2D eigenvalue weighted by Crippen LogP contribution is 2.21. The lowest BCUT2D eigenvalue weighted by atomic mass is 10.2. The minimum atomic E-state index is -0.444. The van der Waals surface area contributed by atoms with Crippen LogP contribution in [-0.2, 0) is 0 Å². The van der Waals surface area contributed by atoms with Gasteiger partial charge in [0, 0.05) is 25.3 Å². The van der Waals surface area contributed by atoms with E-state index in [0.29, 0.717) is 6.54 Å². The number of rotatable bonds is 4. The van der Waals surface area contributed by atoms with Crippen LogP contribution in [0.3, 0.4) is 0 Å². The van der Waals surface area contributed by atoms with Crippen LogP contribution < -0.4 is 10.6 Å². The zero-order valence-corrected chi connectivity index (χ0v) is 9.21. The third kappa shape index (κ3) is 3.34. The lowest BCUT2D eigenvalue weighted by Crippen LogP contribution is -2.37. The van der Waals surface area contributed by atoms with Crippen molar-refractivity contribution in [3.63, 3.8) is 0 Å². The number of aliphatic hydroxyl groups is 1. The Morgan fingerprint density at radius 1 is 1.60 bits per heavy atom. The van der Waals surface area contributed by atoms with Gasteiger partial charge in [0.1, 0.15) is 5.82 Å². The average Bonchev–Trinajstić information content (AvgIpc) is 2.21. The zero-order valence-electron chi connectivity index (χ0n) is 8.45. The summed E-state index contributed by atoms with van der Waals surface area (Å²) in [5.41, 5.74) is 6.35. The molecule has 1 aromatic carbocycles. The Kier molecular flexibility index (Phi) is 4.32. The predicted molar refractivity (Wildman–Crippen MR) is 59.7 cm³/mol. The standard InChI is InChI=1S/C10H14ClFN2O/c1-14(5-7(13)6-15)8-2-3-10(12)9(11)4-8/h2-4,7,15H,5-6,13H2,1H3. The zero-order chi connectivity index (χ0) is 11.4. The van der Waals surface area contributed by atoms with Crippen LogP contribution in [0.1, 0.15) is 0 Å². The van der Waals surface area contributed by atoms with Crippen LogP contribution in [0.15, 0.2) is 18.2 Å². The molecule has 0 fully saturated rings. The molecule has 0 radical (unpaired) electrons. The molecule has 1 aromatic rings. The molecule has 0 amide bonds. The van der Waals surface area contributed by atoms with Gasteiger partial charge in [-0.15, -0.1) is 0 Å². The molecule has 1 rings (SSSR count). The van der Waals surface area contributed by atoms with Crippen LogP contribution in [0, 0.1) is 5.82 Å². The van der Waals surface area contributed by atoms with E-state index in [1.165, 1.54) is 12.1 Å². The largest absolute Gasteiger partial charge is 0.395 e. The molecule has 0 aliphatic heterocycles. The Morgan fingerprint density at radius 3 is 2.80 bits per heavy atom. The maximum atomic E-state index is 12.9. The second-order valence-electron chi connectivity index (χ2n) is 3.42. The van der Waals surface area contributed by atoms with Gasteiger partial charge in [-0.25, -0.2) is 4.39 Å². The van der Waals surface area contributed by atoms with Crippen molar-refractivity contribution in [1.29, 1.82) is 0 Å². The summed E-state index contributed by atoms with van der Waals surface area (Å²) in [5, 5.41) is 8.87. The second-order valence-corrected chi connectivity index (χ2v) is 3.83. The number of benzene rings is 1. The van der Waals surface area contributed by atoms with Gasteiger partial charge in [-0.1, -0.05) is 11.6 Å². The van der Waals surface area contributed by atoms with Crippen molar-refractivity contribution in [2.75, 3.05) is 25.1 Å². The number of hydrogen-bond donors (Lipinski definition) is 2. The van der Waals surface area contributed by atoms with Gasteiger partial charge < -0.3 is 15.7 Å². The summed E-state index contributed by atoms with van der Waals surface area (Å²) in [6.07, 6.45) is 0. The van der Waals surface area contributed by atoms with Crippen molar-refractivity contribution in [3.05, 3.63) is 29.0 Å². The summed E-state index contributed by atoms with van der Waals surface area (Å²) in [4.78, 5) is 1.81. The lowest BCUT2D eigenvalue weighted by molar-refractivity contribution is 0.267. The van der Waals surface area contributed by atoms with Crippen LogP contribution in [-0.4, -0.2) is 31.3 Å². The third-order valence-electron chi connectivity index (χ3n) is 2.09. The molecule has 15 heavy (non-hydrogen) atoms. The number of aliphatic hydroxyl groups excluding tert-OH is 1. The number of anilines is 1. The first kappa shape index (κ1) is 12.2. The summed E-state index contributed by atoms with van der Waals surface area (Å²) in [7, 11) is 1.80. The number of likely N-dealkylation sites (N-methyl/N-ethyl adjacent to an activating group) is 1. The molecule has 1 unspecified atom stereocenters. The van der Waals surface area contributed by atoms with E-state index in [1.54, 1.807) is 13.1 Å². The van der Waals surface area contributed by atoms with Gasteiger partial charge in [0.05, 0.1) is 11.6 Å². The van der Waals surface area contributed by atoms with E-state index in [9.17, 15) is 4.39 Å². The number of nitrogens with two attached hydrogens (primary N) is 1. The van der Waals surface area contributed by atoms with E-state index in [4.69, 9.17) is 22.4 Å². The van der Waals surface area contributed by atoms with Crippen molar-refractivity contribution in [2.24, 2.45) is 5.73 Å². The normalized spacial score (nSPS) is 12.6. The van der Waals surface area contributed by atoms with Gasteiger partial charge in [0.25, 0.3) is 0 Å². The highest BCUT2D eigenvalue weighted by molar-refractivity contribution is 6.31. The molecule has 0 heterocycles. The fourth-order valence-electron chi connectivity index (χ4n) is 1.24. The fraction of sp³-hybridized carbons (Fsp3) is 0.400. The number of hydrogen-bond acceptors (Lipinski definition) is 3. The van der Waals surface area contributed by atoms with E-state index in [1.807, 2.05) is 4.90 Å². The van der Waals surface area contributed by atoms with Crippen LogP contribution in [0.25, 0.3) is 0 Å². The van der Waals surface area contributed by atoms with Crippen LogP contribution in [0.2, 0.25) is 5.02 Å². The molecule has 0 bridgehead atoms. The molecular formula is C10H14ClFN2O. The summed E-state index contributed by atoms with van der Waals surface area (Å²) < 4.78 is 12.9. The maximum absolute atomic E-state index is 12.9. The maximum Gasteiger partial charge on any atom is 0.141 e. The third-order valence-corrected chi connectivity index (χ3v) is 2.38. The van der Waals surface area contributed by atoms with Gasteiger partial charge in [-0.2, -0.15) is 0 Å². The number of halogens is 2. The van der Waals surface area contributed by atoms with E-state index >= 15 is 0 Å². The molecule has 0 aliphatic carbocycles. The topological polar surface area (TPSA) is 49.5 Å². The first-order valence-electron chi connectivity index (χ1n) is 4.57. The van der Waals surface area contributed by atoms with E-state index in [-0.39, 0.29) is 17.7 Å². The van der Waals surface area contributed by atoms with E-state index in [0.717, 1.165) is 5.69 Å². The Balaban J connectivity index is 2.73. The first-order valence-corrected chi connectivity index (χ1v) is 4.95.